The van der Waals surface area contributed by atoms with Gasteiger partial charge >= 0.3 is 6.03 Å². The second-order valence-electron chi connectivity index (χ2n) is 7.64. The van der Waals surface area contributed by atoms with Crippen molar-refractivity contribution in [2.45, 2.75) is 24.3 Å². The average molecular weight is 495 g/mol. The van der Waals surface area contributed by atoms with Crippen molar-refractivity contribution in [1.82, 2.24) is 14.5 Å². The van der Waals surface area contributed by atoms with Crippen LogP contribution in [-0.2, 0) is 16.6 Å². The summed E-state index contributed by atoms with van der Waals surface area (Å²) in [6.45, 7) is 2.68. The van der Waals surface area contributed by atoms with E-state index in [0.717, 1.165) is 54.3 Å². The van der Waals surface area contributed by atoms with Crippen LogP contribution in [0.15, 0.2) is 40.6 Å². The first-order chi connectivity index (χ1) is 15.4. The molecule has 2 aliphatic heterocycles. The first kappa shape index (κ1) is 23.1. The number of thiophene rings is 1. The summed E-state index contributed by atoms with van der Waals surface area (Å²) in [5.41, 5.74) is 1.47. The van der Waals surface area contributed by atoms with Gasteiger partial charge in [0, 0.05) is 49.9 Å². The number of thioether (sulfide) groups is 1. The van der Waals surface area contributed by atoms with Crippen molar-refractivity contribution in [3.8, 4) is 0 Å². The summed E-state index contributed by atoms with van der Waals surface area (Å²) in [5.74, 6) is 1.10. The van der Waals surface area contributed by atoms with Crippen LogP contribution in [0.3, 0.4) is 0 Å². The molecule has 8 nitrogen and oxygen atoms in total. The smallest absolute Gasteiger partial charge is 0.321 e. The van der Waals surface area contributed by atoms with Gasteiger partial charge < -0.3 is 15.5 Å². The number of likely N-dealkylation sites (tertiary alicyclic amines) is 1. The van der Waals surface area contributed by atoms with Gasteiger partial charge in [-0.05, 0) is 42.0 Å². The molecule has 11 heteroatoms. The second-order valence-corrected chi connectivity index (χ2v) is 11.7. The van der Waals surface area contributed by atoms with Crippen molar-refractivity contribution in [1.29, 1.82) is 0 Å². The van der Waals surface area contributed by atoms with Gasteiger partial charge in [-0.1, -0.05) is 12.1 Å². The fourth-order valence-electron chi connectivity index (χ4n) is 3.74. The van der Waals surface area contributed by atoms with E-state index in [4.69, 9.17) is 0 Å². The first-order valence-electron chi connectivity index (χ1n) is 10.5. The van der Waals surface area contributed by atoms with E-state index < -0.39 is 15.9 Å². The highest BCUT2D eigenvalue weighted by molar-refractivity contribution is 7.99. The molecule has 3 heterocycles. The maximum Gasteiger partial charge on any atom is 0.321 e. The van der Waals surface area contributed by atoms with Crippen LogP contribution in [0.5, 0.6) is 0 Å². The van der Waals surface area contributed by atoms with Crippen LogP contribution in [0.4, 0.5) is 10.5 Å². The number of nitrogens with zero attached hydrogens (tertiary/aromatic N) is 2. The van der Waals surface area contributed by atoms with Crippen molar-refractivity contribution in [3.05, 3.63) is 46.2 Å². The van der Waals surface area contributed by atoms with Crippen molar-refractivity contribution in [3.63, 3.8) is 0 Å². The number of hydrogen-bond acceptors (Lipinski definition) is 6. The van der Waals surface area contributed by atoms with Crippen LogP contribution in [-0.4, -0.2) is 67.2 Å². The number of amides is 3. The molecule has 1 aromatic heterocycles. The second kappa shape index (κ2) is 10.2. The average Bonchev–Trinajstić information content (AvgIpc) is 3.51. The van der Waals surface area contributed by atoms with Crippen molar-refractivity contribution >= 4 is 50.7 Å². The SMILES string of the molecule is O=C(NCc1cccc(NC(=O)N2CCCC2)c1)c1sccc1S(=O)(=O)N1CCSCC1. The molecule has 0 atom stereocenters. The van der Waals surface area contributed by atoms with E-state index in [-0.39, 0.29) is 22.3 Å². The number of anilines is 1. The molecule has 2 aliphatic rings. The number of sulfonamides is 1. The van der Waals surface area contributed by atoms with Crippen LogP contribution in [0.1, 0.15) is 28.1 Å². The Hall–Kier alpha value is -2.08. The molecule has 32 heavy (non-hydrogen) atoms. The van der Waals surface area contributed by atoms with Crippen molar-refractivity contribution < 1.29 is 18.0 Å². The number of benzene rings is 1. The minimum atomic E-state index is -3.69. The zero-order valence-electron chi connectivity index (χ0n) is 17.6. The lowest BCUT2D eigenvalue weighted by Gasteiger charge is -2.25. The summed E-state index contributed by atoms with van der Waals surface area (Å²) >= 11 is 2.85. The standard InChI is InChI=1S/C21H26N4O4S3/c26-20(19-18(6-11-31-19)32(28,29)25-9-12-30-13-10-25)22-15-16-4-3-5-17(14-16)23-21(27)24-7-1-2-8-24/h3-6,11,14H,1-2,7-10,12-13,15H2,(H,22,26)(H,23,27). The van der Waals surface area contributed by atoms with E-state index in [0.29, 0.717) is 18.8 Å². The zero-order chi connectivity index (χ0) is 22.6. The van der Waals surface area contributed by atoms with E-state index in [2.05, 4.69) is 10.6 Å². The molecule has 0 bridgehead atoms. The molecule has 0 spiro atoms. The summed E-state index contributed by atoms with van der Waals surface area (Å²) in [4.78, 5) is 27.1. The van der Waals surface area contributed by atoms with E-state index in [1.54, 1.807) is 28.1 Å². The van der Waals surface area contributed by atoms with Crippen LogP contribution in [0, 0.1) is 0 Å². The molecule has 1 aromatic carbocycles. The predicted octanol–water partition coefficient (Wildman–Crippen LogP) is 3.04. The Kier molecular flexibility index (Phi) is 7.39. The third kappa shape index (κ3) is 5.28. The van der Waals surface area contributed by atoms with E-state index in [1.807, 2.05) is 18.2 Å². The highest BCUT2D eigenvalue weighted by atomic mass is 32.2. The van der Waals surface area contributed by atoms with Crippen molar-refractivity contribution in [2.75, 3.05) is 43.0 Å². The summed E-state index contributed by atoms with van der Waals surface area (Å²) in [5, 5.41) is 7.34. The zero-order valence-corrected chi connectivity index (χ0v) is 20.0. The molecule has 2 fully saturated rings. The van der Waals surface area contributed by atoms with Gasteiger partial charge in [-0.3, -0.25) is 4.79 Å². The minimum Gasteiger partial charge on any atom is -0.347 e. The van der Waals surface area contributed by atoms with Gasteiger partial charge in [0.2, 0.25) is 10.0 Å². The van der Waals surface area contributed by atoms with Gasteiger partial charge in [-0.25, -0.2) is 13.2 Å². The Balaban J connectivity index is 1.39. The largest absolute Gasteiger partial charge is 0.347 e. The van der Waals surface area contributed by atoms with Gasteiger partial charge in [0.25, 0.3) is 5.91 Å². The van der Waals surface area contributed by atoms with Gasteiger partial charge in [0.05, 0.1) is 0 Å². The molecule has 3 amide bonds. The van der Waals surface area contributed by atoms with Gasteiger partial charge in [-0.15, -0.1) is 11.3 Å². The molecule has 2 aromatic rings. The van der Waals surface area contributed by atoms with Crippen LogP contribution in [0.2, 0.25) is 0 Å². The lowest BCUT2D eigenvalue weighted by atomic mass is 10.2. The molecular formula is C21H26N4O4S3. The molecule has 2 N–H and O–H groups in total. The van der Waals surface area contributed by atoms with Crippen LogP contribution >= 0.6 is 23.1 Å². The summed E-state index contributed by atoms with van der Waals surface area (Å²) < 4.78 is 27.5. The molecule has 0 unspecified atom stereocenters. The molecule has 2 saturated heterocycles. The molecule has 172 valence electrons. The molecule has 0 saturated carbocycles. The monoisotopic (exact) mass is 494 g/mol. The maximum absolute atomic E-state index is 13.0. The number of nitrogens with one attached hydrogen (secondary N) is 2. The first-order valence-corrected chi connectivity index (χ1v) is 14.0. The number of hydrogen-bond donors (Lipinski definition) is 2. The fourth-order valence-corrected chi connectivity index (χ4v) is 7.63. The number of urea groups is 1. The Morgan fingerprint density at radius 3 is 2.53 bits per heavy atom. The maximum atomic E-state index is 13.0. The molecule has 0 radical (unpaired) electrons. The van der Waals surface area contributed by atoms with E-state index in [1.165, 1.54) is 10.4 Å². The Bertz CT molecular complexity index is 1070. The molecule has 4 rings (SSSR count). The summed E-state index contributed by atoms with van der Waals surface area (Å²) in [6.07, 6.45) is 2.05. The lowest BCUT2D eigenvalue weighted by Crippen LogP contribution is -2.38. The Labute approximate surface area is 196 Å². The summed E-state index contributed by atoms with van der Waals surface area (Å²) in [6, 6.07) is 8.67. The van der Waals surface area contributed by atoms with Crippen LogP contribution in [0.25, 0.3) is 0 Å². The lowest BCUT2D eigenvalue weighted by molar-refractivity contribution is 0.0952. The third-order valence-corrected chi connectivity index (χ3v) is 9.37. The molecular weight excluding hydrogens is 468 g/mol. The summed E-state index contributed by atoms with van der Waals surface area (Å²) in [7, 11) is -3.69. The van der Waals surface area contributed by atoms with E-state index >= 15 is 0 Å². The van der Waals surface area contributed by atoms with Gasteiger partial charge in [-0.2, -0.15) is 16.1 Å². The quantitative estimate of drug-likeness (QED) is 0.643. The third-order valence-electron chi connectivity index (χ3n) is 5.45. The van der Waals surface area contributed by atoms with Gasteiger partial charge in [0.15, 0.2) is 0 Å². The number of carbonyl (C=O) groups excluding carboxylic acids is 2. The van der Waals surface area contributed by atoms with Crippen LogP contribution < -0.4 is 10.6 Å². The fraction of sp³-hybridized carbons (Fsp3) is 0.429. The Morgan fingerprint density at radius 2 is 1.78 bits per heavy atom. The van der Waals surface area contributed by atoms with Gasteiger partial charge in [0.1, 0.15) is 9.77 Å². The van der Waals surface area contributed by atoms with E-state index in [9.17, 15) is 18.0 Å². The highest BCUT2D eigenvalue weighted by Crippen LogP contribution is 2.27. The normalized spacial score (nSPS) is 17.3. The van der Waals surface area contributed by atoms with Crippen molar-refractivity contribution in [2.24, 2.45) is 0 Å². The number of rotatable bonds is 6. The minimum absolute atomic E-state index is 0.0681. The predicted molar refractivity (Wildman–Crippen MR) is 128 cm³/mol. The Morgan fingerprint density at radius 1 is 1.03 bits per heavy atom. The molecule has 0 aliphatic carbocycles. The topological polar surface area (TPSA) is 98.8 Å². The highest BCUT2D eigenvalue weighted by Gasteiger charge is 2.31. The number of carbonyl (C=O) groups is 2.